The molecule has 0 aliphatic rings. The molecular weight excluding hydrogens is 315 g/mol. The maximum Gasteiger partial charge on any atom is 0.416 e. The number of halogens is 3. The topological polar surface area (TPSA) is 46.9 Å². The normalized spacial score (nSPS) is 11.5. The summed E-state index contributed by atoms with van der Waals surface area (Å²) in [5.41, 5.74) is -0.313. The molecule has 1 aromatic carbocycles. The van der Waals surface area contributed by atoms with E-state index in [4.69, 9.17) is 0 Å². The van der Waals surface area contributed by atoms with Gasteiger partial charge in [0.2, 0.25) is 5.91 Å². The van der Waals surface area contributed by atoms with Gasteiger partial charge < -0.3 is 9.88 Å². The van der Waals surface area contributed by atoms with Gasteiger partial charge in [-0.1, -0.05) is 23.9 Å². The average molecular weight is 329 g/mol. The zero-order valence-corrected chi connectivity index (χ0v) is 12.5. The lowest BCUT2D eigenvalue weighted by molar-refractivity contribution is -0.137. The molecule has 0 unspecified atom stereocenters. The SMILES string of the molecule is Cn1ccnc1SCC(=O)NCc1cccc(C(F)(F)F)c1. The number of hydrogen-bond donors (Lipinski definition) is 1. The van der Waals surface area contributed by atoms with Gasteiger partial charge in [0.15, 0.2) is 5.16 Å². The molecule has 8 heteroatoms. The van der Waals surface area contributed by atoms with Crippen molar-refractivity contribution in [1.82, 2.24) is 14.9 Å². The van der Waals surface area contributed by atoms with Gasteiger partial charge in [-0.3, -0.25) is 4.79 Å². The zero-order chi connectivity index (χ0) is 16.2. The van der Waals surface area contributed by atoms with Gasteiger partial charge in [0.25, 0.3) is 0 Å². The molecule has 2 rings (SSSR count). The zero-order valence-electron chi connectivity index (χ0n) is 11.7. The number of amides is 1. The quantitative estimate of drug-likeness (QED) is 0.858. The van der Waals surface area contributed by atoms with Crippen LogP contribution in [-0.4, -0.2) is 21.2 Å². The van der Waals surface area contributed by atoms with Crippen LogP contribution < -0.4 is 5.32 Å². The Morgan fingerprint density at radius 2 is 2.18 bits per heavy atom. The second-order valence-electron chi connectivity index (χ2n) is 4.58. The van der Waals surface area contributed by atoms with E-state index in [0.29, 0.717) is 10.7 Å². The van der Waals surface area contributed by atoms with E-state index in [-0.39, 0.29) is 18.2 Å². The first kappa shape index (κ1) is 16.4. The molecular formula is C14H14F3N3OS. The Hall–Kier alpha value is -1.96. The molecule has 0 aliphatic heterocycles. The summed E-state index contributed by atoms with van der Waals surface area (Å²) in [5, 5.41) is 3.30. The number of carbonyl (C=O) groups excluding carboxylic acids is 1. The molecule has 0 saturated carbocycles. The molecule has 0 radical (unpaired) electrons. The fourth-order valence-corrected chi connectivity index (χ4v) is 2.49. The van der Waals surface area contributed by atoms with E-state index >= 15 is 0 Å². The Labute approximate surface area is 129 Å². The Morgan fingerprint density at radius 1 is 1.41 bits per heavy atom. The number of carbonyl (C=O) groups is 1. The Balaban J connectivity index is 1.85. The minimum Gasteiger partial charge on any atom is -0.351 e. The number of aryl methyl sites for hydroxylation is 1. The number of thioether (sulfide) groups is 1. The van der Waals surface area contributed by atoms with Crippen LogP contribution in [0.2, 0.25) is 0 Å². The second-order valence-corrected chi connectivity index (χ2v) is 5.53. The minimum atomic E-state index is -4.38. The van der Waals surface area contributed by atoms with E-state index in [9.17, 15) is 18.0 Å². The van der Waals surface area contributed by atoms with Crippen LogP contribution in [0.4, 0.5) is 13.2 Å². The smallest absolute Gasteiger partial charge is 0.351 e. The molecule has 0 atom stereocenters. The summed E-state index contributed by atoms with van der Waals surface area (Å²) in [6.45, 7) is 0.0594. The third kappa shape index (κ3) is 4.52. The Morgan fingerprint density at radius 3 is 2.82 bits per heavy atom. The van der Waals surface area contributed by atoms with Gasteiger partial charge >= 0.3 is 6.18 Å². The second kappa shape index (κ2) is 6.87. The molecule has 0 fully saturated rings. The monoisotopic (exact) mass is 329 g/mol. The third-order valence-electron chi connectivity index (χ3n) is 2.85. The first-order valence-corrected chi connectivity index (χ1v) is 7.38. The van der Waals surface area contributed by atoms with Crippen LogP contribution in [0, 0.1) is 0 Å². The number of nitrogens with zero attached hydrogens (tertiary/aromatic N) is 2. The first-order valence-electron chi connectivity index (χ1n) is 6.39. The van der Waals surface area contributed by atoms with Gasteiger partial charge in [0, 0.05) is 26.0 Å². The summed E-state index contributed by atoms with van der Waals surface area (Å²) in [4.78, 5) is 15.8. The van der Waals surface area contributed by atoms with Crippen molar-refractivity contribution >= 4 is 17.7 Å². The molecule has 2 aromatic rings. The number of alkyl halides is 3. The average Bonchev–Trinajstić information content (AvgIpc) is 2.88. The van der Waals surface area contributed by atoms with E-state index in [1.165, 1.54) is 17.8 Å². The maximum atomic E-state index is 12.6. The molecule has 0 spiro atoms. The predicted molar refractivity (Wildman–Crippen MR) is 77.2 cm³/mol. The molecule has 0 saturated heterocycles. The highest BCUT2D eigenvalue weighted by atomic mass is 32.2. The summed E-state index contributed by atoms with van der Waals surface area (Å²) in [6.07, 6.45) is -0.986. The van der Waals surface area contributed by atoms with Gasteiger partial charge in [0.1, 0.15) is 0 Å². The minimum absolute atomic E-state index is 0.0594. The standard InChI is InChI=1S/C14H14F3N3OS/c1-20-6-5-18-13(20)22-9-12(21)19-8-10-3-2-4-11(7-10)14(15,16)17/h2-7H,8-9H2,1H3,(H,19,21). The van der Waals surface area contributed by atoms with Crippen LogP contribution in [-0.2, 0) is 24.6 Å². The predicted octanol–water partition coefficient (Wildman–Crippen LogP) is 2.85. The van der Waals surface area contributed by atoms with Gasteiger partial charge in [-0.2, -0.15) is 13.2 Å². The number of nitrogens with one attached hydrogen (secondary N) is 1. The Bertz CT molecular complexity index is 655. The van der Waals surface area contributed by atoms with E-state index in [0.717, 1.165) is 12.1 Å². The van der Waals surface area contributed by atoms with Gasteiger partial charge in [0.05, 0.1) is 11.3 Å². The molecule has 0 bridgehead atoms. The van der Waals surface area contributed by atoms with Crippen LogP contribution in [0.3, 0.4) is 0 Å². The molecule has 1 amide bonds. The summed E-state index contributed by atoms with van der Waals surface area (Å²) in [6, 6.07) is 4.91. The van der Waals surface area contributed by atoms with Crippen LogP contribution >= 0.6 is 11.8 Å². The first-order chi connectivity index (χ1) is 10.4. The number of rotatable bonds is 5. The number of benzene rings is 1. The highest BCUT2D eigenvalue weighted by Crippen LogP contribution is 2.29. The number of imidazole rings is 1. The molecule has 0 aliphatic carbocycles. The van der Waals surface area contributed by atoms with Crippen molar-refractivity contribution in [3.63, 3.8) is 0 Å². The van der Waals surface area contributed by atoms with Gasteiger partial charge in [-0.05, 0) is 17.7 Å². The van der Waals surface area contributed by atoms with E-state index in [2.05, 4.69) is 10.3 Å². The van der Waals surface area contributed by atoms with Crippen molar-refractivity contribution in [2.24, 2.45) is 7.05 Å². The van der Waals surface area contributed by atoms with Crippen LogP contribution in [0.1, 0.15) is 11.1 Å². The largest absolute Gasteiger partial charge is 0.416 e. The summed E-state index contributed by atoms with van der Waals surface area (Å²) in [7, 11) is 1.82. The lowest BCUT2D eigenvalue weighted by Crippen LogP contribution is -2.24. The fourth-order valence-electron chi connectivity index (χ4n) is 1.73. The van der Waals surface area contributed by atoms with Crippen molar-refractivity contribution < 1.29 is 18.0 Å². The van der Waals surface area contributed by atoms with Crippen molar-refractivity contribution in [3.05, 3.63) is 47.8 Å². The van der Waals surface area contributed by atoms with Crippen molar-refractivity contribution in [2.75, 3.05) is 5.75 Å². The molecule has 1 aromatic heterocycles. The van der Waals surface area contributed by atoms with E-state index in [1.807, 2.05) is 7.05 Å². The summed E-state index contributed by atoms with van der Waals surface area (Å²) in [5.74, 6) is -0.102. The molecule has 22 heavy (non-hydrogen) atoms. The van der Waals surface area contributed by atoms with Gasteiger partial charge in [-0.25, -0.2) is 4.98 Å². The van der Waals surface area contributed by atoms with Crippen molar-refractivity contribution in [2.45, 2.75) is 17.9 Å². The highest BCUT2D eigenvalue weighted by Gasteiger charge is 2.30. The number of aromatic nitrogens is 2. The van der Waals surface area contributed by atoms with Crippen LogP contribution in [0.15, 0.2) is 41.8 Å². The van der Waals surface area contributed by atoms with Crippen molar-refractivity contribution in [1.29, 1.82) is 0 Å². The third-order valence-corrected chi connectivity index (χ3v) is 3.91. The molecule has 4 nitrogen and oxygen atoms in total. The fraction of sp³-hybridized carbons (Fsp3) is 0.286. The van der Waals surface area contributed by atoms with Crippen LogP contribution in [0.5, 0.6) is 0 Å². The highest BCUT2D eigenvalue weighted by molar-refractivity contribution is 7.99. The van der Waals surface area contributed by atoms with E-state index < -0.39 is 11.7 Å². The maximum absolute atomic E-state index is 12.6. The van der Waals surface area contributed by atoms with E-state index in [1.54, 1.807) is 23.0 Å². The van der Waals surface area contributed by atoms with Crippen molar-refractivity contribution in [3.8, 4) is 0 Å². The summed E-state index contributed by atoms with van der Waals surface area (Å²) >= 11 is 1.26. The number of hydrogen-bond acceptors (Lipinski definition) is 3. The Kier molecular flexibility index (Phi) is 5.12. The molecule has 118 valence electrons. The van der Waals surface area contributed by atoms with Crippen LogP contribution in [0.25, 0.3) is 0 Å². The lowest BCUT2D eigenvalue weighted by Gasteiger charge is -2.09. The van der Waals surface area contributed by atoms with Gasteiger partial charge in [-0.15, -0.1) is 0 Å². The summed E-state index contributed by atoms with van der Waals surface area (Å²) < 4.78 is 39.5. The lowest BCUT2D eigenvalue weighted by atomic mass is 10.1. The molecule has 1 heterocycles. The molecule has 1 N–H and O–H groups in total.